The van der Waals surface area contributed by atoms with Gasteiger partial charge in [-0.15, -0.1) is 0 Å². The number of likely N-dealkylation sites (tertiary alicyclic amines) is 1. The minimum absolute atomic E-state index is 0.0921. The van der Waals surface area contributed by atoms with E-state index in [0.717, 1.165) is 31.5 Å². The van der Waals surface area contributed by atoms with Crippen molar-refractivity contribution in [2.24, 2.45) is 4.99 Å². The number of nitrogens with zero attached hydrogens (tertiary/aromatic N) is 2. The largest absolute Gasteiger partial charge is 0.357 e. The molecule has 6 heteroatoms. The Kier molecular flexibility index (Phi) is 6.38. The van der Waals surface area contributed by atoms with Gasteiger partial charge in [-0.3, -0.25) is 4.79 Å². The number of halogens is 1. The van der Waals surface area contributed by atoms with Crippen molar-refractivity contribution in [2.75, 3.05) is 26.2 Å². The third kappa shape index (κ3) is 5.23. The highest BCUT2D eigenvalue weighted by atomic mass is 19.1. The van der Waals surface area contributed by atoms with Crippen LogP contribution in [0, 0.1) is 12.7 Å². The fourth-order valence-electron chi connectivity index (χ4n) is 2.48. The summed E-state index contributed by atoms with van der Waals surface area (Å²) in [7, 11) is 0. The lowest BCUT2D eigenvalue weighted by atomic mass is 10.1. The van der Waals surface area contributed by atoms with Crippen LogP contribution in [0.5, 0.6) is 0 Å². The molecule has 0 saturated carbocycles. The SMILES string of the molecule is CCNC(=NCc1ccc(C)c(F)c1)NCC(=O)N1CCCC1. The molecule has 0 aliphatic carbocycles. The Morgan fingerprint density at radius 2 is 2.04 bits per heavy atom. The number of carbonyl (C=O) groups is 1. The second-order valence-corrected chi connectivity index (χ2v) is 5.72. The molecule has 0 spiro atoms. The van der Waals surface area contributed by atoms with Gasteiger partial charge in [0.15, 0.2) is 5.96 Å². The van der Waals surface area contributed by atoms with E-state index in [2.05, 4.69) is 15.6 Å². The van der Waals surface area contributed by atoms with E-state index in [1.165, 1.54) is 6.07 Å². The van der Waals surface area contributed by atoms with Crippen LogP contribution in [0.15, 0.2) is 23.2 Å². The lowest BCUT2D eigenvalue weighted by molar-refractivity contribution is -0.128. The van der Waals surface area contributed by atoms with Gasteiger partial charge in [0.05, 0.1) is 13.1 Å². The highest BCUT2D eigenvalue weighted by Gasteiger charge is 2.17. The van der Waals surface area contributed by atoms with Gasteiger partial charge in [0.1, 0.15) is 5.82 Å². The molecule has 1 aliphatic rings. The van der Waals surface area contributed by atoms with Crippen molar-refractivity contribution in [1.29, 1.82) is 0 Å². The van der Waals surface area contributed by atoms with E-state index in [1.807, 2.05) is 17.9 Å². The van der Waals surface area contributed by atoms with Crippen LogP contribution in [0.25, 0.3) is 0 Å². The first kappa shape index (κ1) is 17.2. The molecule has 1 aliphatic heterocycles. The van der Waals surface area contributed by atoms with Gasteiger partial charge in [-0.05, 0) is 43.9 Å². The Morgan fingerprint density at radius 1 is 1.30 bits per heavy atom. The molecule has 23 heavy (non-hydrogen) atoms. The number of hydrogen-bond acceptors (Lipinski definition) is 2. The summed E-state index contributed by atoms with van der Waals surface area (Å²) in [5.41, 5.74) is 1.43. The maximum Gasteiger partial charge on any atom is 0.241 e. The van der Waals surface area contributed by atoms with Crippen LogP contribution in [-0.4, -0.2) is 42.9 Å². The maximum absolute atomic E-state index is 13.5. The van der Waals surface area contributed by atoms with Crippen molar-refractivity contribution in [3.8, 4) is 0 Å². The van der Waals surface area contributed by atoms with Gasteiger partial charge >= 0.3 is 0 Å². The number of benzene rings is 1. The third-order valence-electron chi connectivity index (χ3n) is 3.87. The smallest absolute Gasteiger partial charge is 0.241 e. The normalized spacial score (nSPS) is 14.9. The van der Waals surface area contributed by atoms with Crippen molar-refractivity contribution in [2.45, 2.75) is 33.2 Å². The van der Waals surface area contributed by atoms with Crippen LogP contribution in [0.1, 0.15) is 30.9 Å². The van der Waals surface area contributed by atoms with Crippen molar-refractivity contribution in [3.05, 3.63) is 35.1 Å². The Hall–Kier alpha value is -2.11. The number of guanidine groups is 1. The minimum atomic E-state index is -0.222. The number of rotatable bonds is 5. The molecule has 0 unspecified atom stereocenters. The molecule has 1 heterocycles. The quantitative estimate of drug-likeness (QED) is 0.643. The molecule has 1 fully saturated rings. The summed E-state index contributed by atoms with van der Waals surface area (Å²) < 4.78 is 13.5. The summed E-state index contributed by atoms with van der Waals surface area (Å²) in [6.07, 6.45) is 2.16. The van der Waals surface area contributed by atoms with Gasteiger partial charge in [-0.1, -0.05) is 12.1 Å². The molecule has 1 aromatic carbocycles. The molecule has 1 amide bonds. The third-order valence-corrected chi connectivity index (χ3v) is 3.87. The van der Waals surface area contributed by atoms with Gasteiger partial charge in [-0.2, -0.15) is 0 Å². The molecule has 1 saturated heterocycles. The topological polar surface area (TPSA) is 56.7 Å². The highest BCUT2D eigenvalue weighted by Crippen LogP contribution is 2.10. The maximum atomic E-state index is 13.5. The summed E-state index contributed by atoms with van der Waals surface area (Å²) in [6.45, 7) is 6.68. The fourth-order valence-corrected chi connectivity index (χ4v) is 2.48. The second-order valence-electron chi connectivity index (χ2n) is 5.72. The Balaban J connectivity index is 1.90. The average molecular weight is 320 g/mol. The molecule has 1 aromatic rings. The van der Waals surface area contributed by atoms with Crippen LogP contribution < -0.4 is 10.6 Å². The predicted molar refractivity (Wildman–Crippen MR) is 89.8 cm³/mol. The number of nitrogens with one attached hydrogen (secondary N) is 2. The van der Waals surface area contributed by atoms with Gasteiger partial charge in [-0.25, -0.2) is 9.38 Å². The molecule has 2 N–H and O–H groups in total. The van der Waals surface area contributed by atoms with E-state index in [0.29, 0.717) is 24.6 Å². The van der Waals surface area contributed by atoms with E-state index < -0.39 is 0 Å². The summed E-state index contributed by atoms with van der Waals surface area (Å²) >= 11 is 0. The highest BCUT2D eigenvalue weighted by molar-refractivity contribution is 5.86. The van der Waals surface area contributed by atoms with Gasteiger partial charge in [0.2, 0.25) is 5.91 Å². The van der Waals surface area contributed by atoms with Gasteiger partial charge in [0.25, 0.3) is 0 Å². The predicted octanol–water partition coefficient (Wildman–Crippen LogP) is 1.81. The average Bonchev–Trinajstić information content (AvgIpc) is 3.07. The standard InChI is InChI=1S/C17H25FN4O/c1-3-19-17(21-12-16(23)22-8-4-5-9-22)20-11-14-7-6-13(2)15(18)10-14/h6-7,10H,3-5,8-9,11-12H2,1-2H3,(H2,19,20,21). The Labute approximate surface area is 137 Å². The molecular formula is C17H25FN4O. The molecule has 0 radical (unpaired) electrons. The van der Waals surface area contributed by atoms with Crippen LogP contribution >= 0.6 is 0 Å². The number of amides is 1. The Bertz CT molecular complexity index is 568. The number of carbonyl (C=O) groups excluding carboxylic acids is 1. The second kappa shape index (κ2) is 8.50. The fraction of sp³-hybridized carbons (Fsp3) is 0.529. The molecule has 0 aromatic heterocycles. The molecule has 5 nitrogen and oxygen atoms in total. The minimum Gasteiger partial charge on any atom is -0.357 e. The number of aryl methyl sites for hydroxylation is 1. The van der Waals surface area contributed by atoms with E-state index in [4.69, 9.17) is 0 Å². The van der Waals surface area contributed by atoms with Gasteiger partial charge < -0.3 is 15.5 Å². The van der Waals surface area contributed by atoms with Crippen molar-refractivity contribution < 1.29 is 9.18 Å². The summed E-state index contributed by atoms with van der Waals surface area (Å²) in [4.78, 5) is 18.3. The zero-order valence-corrected chi connectivity index (χ0v) is 13.9. The lowest BCUT2D eigenvalue weighted by Gasteiger charge is -2.17. The van der Waals surface area contributed by atoms with Crippen LogP contribution in [-0.2, 0) is 11.3 Å². The molecule has 0 bridgehead atoms. The molecule has 0 atom stereocenters. The number of aliphatic imine (C=N–C) groups is 1. The van der Waals surface area contributed by atoms with E-state index in [9.17, 15) is 9.18 Å². The first-order valence-electron chi connectivity index (χ1n) is 8.15. The van der Waals surface area contributed by atoms with Crippen LogP contribution in [0.3, 0.4) is 0 Å². The first-order chi connectivity index (χ1) is 11.1. The zero-order valence-electron chi connectivity index (χ0n) is 13.9. The van der Waals surface area contributed by atoms with Gasteiger partial charge in [0, 0.05) is 19.6 Å². The van der Waals surface area contributed by atoms with Crippen LogP contribution in [0.2, 0.25) is 0 Å². The molecule has 126 valence electrons. The monoisotopic (exact) mass is 320 g/mol. The van der Waals surface area contributed by atoms with Crippen molar-refractivity contribution >= 4 is 11.9 Å². The van der Waals surface area contributed by atoms with Crippen molar-refractivity contribution in [3.63, 3.8) is 0 Å². The zero-order chi connectivity index (χ0) is 16.7. The van der Waals surface area contributed by atoms with Crippen LogP contribution in [0.4, 0.5) is 4.39 Å². The lowest BCUT2D eigenvalue weighted by Crippen LogP contribution is -2.44. The molecular weight excluding hydrogens is 295 g/mol. The summed E-state index contributed by atoms with van der Waals surface area (Å²) in [6, 6.07) is 5.11. The van der Waals surface area contributed by atoms with E-state index >= 15 is 0 Å². The van der Waals surface area contributed by atoms with Crippen molar-refractivity contribution in [1.82, 2.24) is 15.5 Å². The van der Waals surface area contributed by atoms with E-state index in [-0.39, 0.29) is 18.3 Å². The summed E-state index contributed by atoms with van der Waals surface area (Å²) in [5, 5.41) is 6.15. The molecule has 2 rings (SSSR count). The summed E-state index contributed by atoms with van der Waals surface area (Å²) in [5.74, 6) is 0.440. The number of hydrogen-bond donors (Lipinski definition) is 2. The Morgan fingerprint density at radius 3 is 2.70 bits per heavy atom. The first-order valence-corrected chi connectivity index (χ1v) is 8.15. The van der Waals surface area contributed by atoms with E-state index in [1.54, 1.807) is 13.0 Å².